The minimum absolute atomic E-state index is 0.0151. The van der Waals surface area contributed by atoms with Crippen LogP contribution in [0.4, 0.5) is 0 Å². The molecule has 4 fully saturated rings. The second-order valence-electron chi connectivity index (χ2n) is 21.1. The van der Waals surface area contributed by atoms with Gasteiger partial charge in [-0.1, -0.05) is 72.6 Å². The van der Waals surface area contributed by atoms with Gasteiger partial charge in [0.1, 0.15) is 0 Å². The quantitative estimate of drug-likeness (QED) is 0.297. The van der Waals surface area contributed by atoms with E-state index in [0.717, 1.165) is 68.1 Å². The highest BCUT2D eigenvalue weighted by Crippen LogP contribution is 2.76. The molecule has 284 valence electrons. The maximum Gasteiger partial charge on any atom is 0.317 e. The second-order valence-corrected chi connectivity index (χ2v) is 21.1. The van der Waals surface area contributed by atoms with Crippen LogP contribution >= 0.6 is 0 Å². The minimum atomic E-state index is -2.29. The molecule has 1 aliphatic heterocycles. The SMILES string of the molecule is CC1(C(=O)O)CCC2(C)CCC3(C)C4=CC=C5C(=CC(=O)C6(O)Oc7cc8c(cc7OC56C)C(=O)CC5C(C)(C)CCCC85C)C4(C)CCC3(C)C2C1. The van der Waals surface area contributed by atoms with E-state index in [2.05, 4.69) is 54.5 Å². The fourth-order valence-electron chi connectivity index (χ4n) is 14.2. The van der Waals surface area contributed by atoms with Crippen molar-refractivity contribution in [3.05, 3.63) is 58.2 Å². The normalized spacial score (nSPS) is 47.5. The van der Waals surface area contributed by atoms with Gasteiger partial charge in [0.2, 0.25) is 11.4 Å². The van der Waals surface area contributed by atoms with Gasteiger partial charge in [0.25, 0.3) is 0 Å². The Morgan fingerprint density at radius 2 is 1.47 bits per heavy atom. The van der Waals surface area contributed by atoms with Gasteiger partial charge in [-0.3, -0.25) is 14.4 Å². The summed E-state index contributed by atoms with van der Waals surface area (Å²) >= 11 is 0. The van der Waals surface area contributed by atoms with Crippen molar-refractivity contribution in [3.8, 4) is 11.5 Å². The van der Waals surface area contributed by atoms with Crippen LogP contribution in [0.25, 0.3) is 0 Å². The molecule has 0 saturated heterocycles. The summed E-state index contributed by atoms with van der Waals surface area (Å²) in [6, 6.07) is 3.70. The van der Waals surface area contributed by atoms with E-state index < -0.39 is 34.0 Å². The van der Waals surface area contributed by atoms with Crippen LogP contribution in [0.5, 0.6) is 11.5 Å². The van der Waals surface area contributed by atoms with Crippen LogP contribution in [0, 0.1) is 44.3 Å². The molecule has 10 unspecified atom stereocenters. The van der Waals surface area contributed by atoms with Gasteiger partial charge in [-0.05, 0) is 140 Å². The van der Waals surface area contributed by atoms with Crippen molar-refractivity contribution in [2.45, 2.75) is 150 Å². The van der Waals surface area contributed by atoms with Gasteiger partial charge in [0.15, 0.2) is 17.3 Å². The molecular formula is C46H58O7. The number of fused-ring (bicyclic) bond motifs is 13. The van der Waals surface area contributed by atoms with Gasteiger partial charge in [-0.25, -0.2) is 0 Å². The number of Topliss-reactive ketones (excluding diaryl/α,β-unsaturated/α-hetero) is 1. The molecule has 53 heavy (non-hydrogen) atoms. The molecule has 0 amide bonds. The second kappa shape index (κ2) is 10.2. The fourth-order valence-corrected chi connectivity index (χ4v) is 14.2. The number of allylic oxidation sites excluding steroid dienone is 3. The third-order valence-corrected chi connectivity index (χ3v) is 18.1. The van der Waals surface area contributed by atoms with Crippen LogP contribution in [-0.4, -0.2) is 39.1 Å². The van der Waals surface area contributed by atoms with E-state index in [1.165, 1.54) is 5.57 Å². The Morgan fingerprint density at radius 3 is 2.19 bits per heavy atom. The number of carbonyl (C=O) groups is 3. The molecule has 0 bridgehead atoms. The Hall–Kier alpha value is -3.19. The largest absolute Gasteiger partial charge is 0.481 e. The number of rotatable bonds is 1. The first-order valence-corrected chi connectivity index (χ1v) is 20.3. The molecule has 7 aliphatic carbocycles. The minimum Gasteiger partial charge on any atom is -0.481 e. The molecule has 1 aromatic rings. The molecule has 7 heteroatoms. The summed E-state index contributed by atoms with van der Waals surface area (Å²) < 4.78 is 13.3. The average Bonchev–Trinajstić information content (AvgIpc) is 3.08. The van der Waals surface area contributed by atoms with Gasteiger partial charge in [0.05, 0.1) is 5.41 Å². The number of benzene rings is 1. The van der Waals surface area contributed by atoms with E-state index in [0.29, 0.717) is 36.3 Å². The molecular weight excluding hydrogens is 664 g/mol. The summed E-state index contributed by atoms with van der Waals surface area (Å²) in [5.41, 5.74) is 1.20. The Balaban J connectivity index is 1.14. The van der Waals surface area contributed by atoms with Gasteiger partial charge in [-0.15, -0.1) is 0 Å². The van der Waals surface area contributed by atoms with Crippen LogP contribution in [0.15, 0.2) is 47.1 Å². The first-order valence-electron chi connectivity index (χ1n) is 20.3. The molecule has 8 aliphatic rings. The smallest absolute Gasteiger partial charge is 0.317 e. The Bertz CT molecular complexity index is 2020. The number of hydrogen-bond donors (Lipinski definition) is 2. The predicted octanol–water partition coefficient (Wildman–Crippen LogP) is 9.45. The summed E-state index contributed by atoms with van der Waals surface area (Å²) in [6.07, 6.45) is 15.5. The number of hydrogen-bond acceptors (Lipinski definition) is 6. The first kappa shape index (κ1) is 35.5. The standard InChI is InChI=1S/C46H58O7/c1-38(2)13-10-14-41(5)28-22-32-31(21-26(28)30(47)24-34(38)41)52-45(9)27-11-12-33-42(6,29(27)23-36(48)46(45,51)53-32)18-20-44(8)35-25-40(4,37(49)50)16-15-39(35,3)17-19-43(33,44)7/h11-12,21-23,34-35,51H,10,13-20,24-25H2,1-9H3,(H,49,50). The summed E-state index contributed by atoms with van der Waals surface area (Å²) in [5.74, 6) is -2.28. The highest BCUT2D eigenvalue weighted by atomic mass is 16.7. The molecule has 7 nitrogen and oxygen atoms in total. The van der Waals surface area contributed by atoms with Crippen molar-refractivity contribution < 1.29 is 34.1 Å². The molecule has 4 saturated carbocycles. The number of ketones is 2. The number of carboxylic acid groups (broad SMARTS) is 1. The van der Waals surface area contributed by atoms with Crippen molar-refractivity contribution >= 4 is 17.5 Å². The third-order valence-electron chi connectivity index (χ3n) is 18.1. The van der Waals surface area contributed by atoms with Crippen LogP contribution in [0.3, 0.4) is 0 Å². The van der Waals surface area contributed by atoms with Crippen molar-refractivity contribution in [2.24, 2.45) is 44.3 Å². The number of carboxylic acids is 1. The van der Waals surface area contributed by atoms with Gasteiger partial charge >= 0.3 is 11.8 Å². The zero-order valence-electron chi connectivity index (χ0n) is 33.3. The highest BCUT2D eigenvalue weighted by molar-refractivity contribution is 6.03. The monoisotopic (exact) mass is 722 g/mol. The Morgan fingerprint density at radius 1 is 0.774 bits per heavy atom. The van der Waals surface area contributed by atoms with Crippen molar-refractivity contribution in [1.29, 1.82) is 0 Å². The number of aliphatic hydroxyl groups is 1. The molecule has 1 heterocycles. The van der Waals surface area contributed by atoms with E-state index in [-0.39, 0.29) is 44.7 Å². The third kappa shape index (κ3) is 4.08. The Labute approximate surface area is 314 Å². The summed E-state index contributed by atoms with van der Waals surface area (Å²) in [5, 5.41) is 22.8. The Kier molecular flexibility index (Phi) is 6.80. The summed E-state index contributed by atoms with van der Waals surface area (Å²) in [6.45, 7) is 19.9. The fraction of sp³-hybridized carbons (Fsp3) is 0.674. The molecule has 0 spiro atoms. The number of aliphatic carboxylic acids is 1. The molecule has 2 N–H and O–H groups in total. The first-order chi connectivity index (χ1) is 24.5. The van der Waals surface area contributed by atoms with Crippen LogP contribution in [-0.2, 0) is 15.0 Å². The number of carbonyl (C=O) groups excluding carboxylic acids is 2. The predicted molar refractivity (Wildman–Crippen MR) is 202 cm³/mol. The van der Waals surface area contributed by atoms with E-state index in [1.54, 1.807) is 13.0 Å². The van der Waals surface area contributed by atoms with Gasteiger partial charge in [-0.2, -0.15) is 0 Å². The lowest BCUT2D eigenvalue weighted by atomic mass is 9.34. The molecule has 0 aromatic heterocycles. The lowest BCUT2D eigenvalue weighted by Gasteiger charge is -2.70. The van der Waals surface area contributed by atoms with Crippen LogP contribution in [0.1, 0.15) is 149 Å². The molecule has 9 rings (SSSR count). The number of ether oxygens (including phenoxy) is 2. The lowest BCUT2D eigenvalue weighted by Crippen LogP contribution is -2.70. The maximum atomic E-state index is 14.5. The van der Waals surface area contributed by atoms with E-state index in [1.807, 2.05) is 25.1 Å². The zero-order chi connectivity index (χ0) is 38.2. The van der Waals surface area contributed by atoms with E-state index in [9.17, 15) is 24.6 Å². The van der Waals surface area contributed by atoms with Gasteiger partial charge < -0.3 is 19.7 Å². The molecule has 1 aromatic carbocycles. The van der Waals surface area contributed by atoms with Crippen molar-refractivity contribution in [3.63, 3.8) is 0 Å². The lowest BCUT2D eigenvalue weighted by molar-refractivity contribution is -0.231. The molecule has 10 atom stereocenters. The summed E-state index contributed by atoms with van der Waals surface area (Å²) in [7, 11) is 0. The average molecular weight is 723 g/mol. The summed E-state index contributed by atoms with van der Waals surface area (Å²) in [4.78, 5) is 40.9. The van der Waals surface area contributed by atoms with E-state index >= 15 is 0 Å². The van der Waals surface area contributed by atoms with Crippen molar-refractivity contribution in [1.82, 2.24) is 0 Å². The van der Waals surface area contributed by atoms with E-state index in [4.69, 9.17) is 9.47 Å². The van der Waals surface area contributed by atoms with Crippen LogP contribution < -0.4 is 9.47 Å². The van der Waals surface area contributed by atoms with Gasteiger partial charge in [0, 0.05) is 23.0 Å². The zero-order valence-corrected chi connectivity index (χ0v) is 33.3. The van der Waals surface area contributed by atoms with Crippen LogP contribution in [0.2, 0.25) is 0 Å². The topological polar surface area (TPSA) is 110 Å². The van der Waals surface area contributed by atoms with Crippen molar-refractivity contribution in [2.75, 3.05) is 0 Å². The highest BCUT2D eigenvalue weighted by Gasteiger charge is 2.71. The molecule has 0 radical (unpaired) electrons. The maximum absolute atomic E-state index is 14.5.